The summed E-state index contributed by atoms with van der Waals surface area (Å²) >= 11 is 0. The molecule has 3 heteroatoms. The van der Waals surface area contributed by atoms with Crippen molar-refractivity contribution in [3.05, 3.63) is 65.4 Å². The van der Waals surface area contributed by atoms with E-state index in [2.05, 4.69) is 89.4 Å². The molecular weight excluding hydrogens is 306 g/mol. The molecule has 1 heterocycles. The Morgan fingerprint density at radius 1 is 1.04 bits per heavy atom. The van der Waals surface area contributed by atoms with Crippen LogP contribution in [-0.2, 0) is 13.1 Å². The van der Waals surface area contributed by atoms with Gasteiger partial charge in [-0.1, -0.05) is 29.7 Å². The maximum atomic E-state index is 3.35. The van der Waals surface area contributed by atoms with Crippen molar-refractivity contribution >= 4 is 16.6 Å². The topological polar surface area (TPSA) is 29.0 Å². The average molecular weight is 331 g/mol. The lowest BCUT2D eigenvalue weighted by atomic mass is 10.1. The maximum Gasteiger partial charge on any atom is 0.0931 e. The van der Waals surface area contributed by atoms with Crippen LogP contribution in [0.2, 0.25) is 0 Å². The van der Waals surface area contributed by atoms with Gasteiger partial charge >= 0.3 is 0 Å². The molecule has 3 aromatic rings. The Morgan fingerprint density at radius 3 is 2.56 bits per heavy atom. The van der Waals surface area contributed by atoms with Crippen LogP contribution in [0.25, 0.3) is 10.9 Å². The predicted molar refractivity (Wildman–Crippen MR) is 107 cm³/mol. The first-order chi connectivity index (χ1) is 12.2. The van der Waals surface area contributed by atoms with Gasteiger partial charge in [-0.2, -0.15) is 0 Å². The Hall–Kier alpha value is -2.70. The van der Waals surface area contributed by atoms with Gasteiger partial charge in [0, 0.05) is 29.7 Å². The second-order valence-electron chi connectivity index (χ2n) is 6.22. The number of hydrogen-bond donors (Lipinski definition) is 2. The third-order valence-corrected chi connectivity index (χ3v) is 4.31. The van der Waals surface area contributed by atoms with Crippen LogP contribution in [0.4, 0.5) is 5.69 Å². The van der Waals surface area contributed by atoms with Gasteiger partial charge in [0.25, 0.3) is 0 Å². The Kier molecular flexibility index (Phi) is 5.42. The summed E-state index contributed by atoms with van der Waals surface area (Å²) in [5.74, 6) is 6.57. The van der Waals surface area contributed by atoms with Crippen molar-refractivity contribution in [3.63, 3.8) is 0 Å². The molecule has 3 rings (SSSR count). The van der Waals surface area contributed by atoms with Crippen molar-refractivity contribution in [1.29, 1.82) is 0 Å². The molecule has 128 valence electrons. The first-order valence-corrected chi connectivity index (χ1v) is 8.77. The Labute approximate surface area is 150 Å². The molecule has 2 aromatic carbocycles. The van der Waals surface area contributed by atoms with E-state index in [-0.39, 0.29) is 0 Å². The molecule has 0 fully saturated rings. The molecule has 0 aliphatic carbocycles. The molecule has 0 amide bonds. The molecule has 0 unspecified atom stereocenters. The highest BCUT2D eigenvalue weighted by molar-refractivity contribution is 5.83. The number of rotatable bonds is 5. The summed E-state index contributed by atoms with van der Waals surface area (Å²) < 4.78 is 2.28. The number of nitrogens with one attached hydrogen (secondary N) is 2. The average Bonchev–Trinajstić information content (AvgIpc) is 2.97. The SMILES string of the molecule is CCn1c(C#CCNc2ccc(C)cc2)cc2cc(CNC)ccc21. The fraction of sp³-hybridized carbons (Fsp3) is 0.273. The number of anilines is 1. The molecule has 0 bridgehead atoms. The number of aromatic nitrogens is 1. The lowest BCUT2D eigenvalue weighted by Gasteiger charge is -2.05. The second-order valence-corrected chi connectivity index (χ2v) is 6.22. The molecule has 0 radical (unpaired) electrons. The van der Waals surface area contributed by atoms with Gasteiger partial charge in [-0.15, -0.1) is 0 Å². The molecule has 0 aliphatic rings. The van der Waals surface area contributed by atoms with Crippen LogP contribution in [0.15, 0.2) is 48.5 Å². The fourth-order valence-electron chi connectivity index (χ4n) is 3.03. The Morgan fingerprint density at radius 2 is 1.84 bits per heavy atom. The van der Waals surface area contributed by atoms with E-state index in [1.807, 2.05) is 7.05 Å². The number of benzene rings is 2. The van der Waals surface area contributed by atoms with Crippen LogP contribution in [-0.4, -0.2) is 18.2 Å². The predicted octanol–water partition coefficient (Wildman–Crippen LogP) is 4.15. The zero-order chi connectivity index (χ0) is 17.6. The lowest BCUT2D eigenvalue weighted by molar-refractivity contribution is 0.786. The van der Waals surface area contributed by atoms with Crippen molar-refractivity contribution in [2.24, 2.45) is 0 Å². The molecule has 0 aliphatic heterocycles. The van der Waals surface area contributed by atoms with Crippen LogP contribution in [0.5, 0.6) is 0 Å². The van der Waals surface area contributed by atoms with Gasteiger partial charge in [-0.05, 0) is 62.7 Å². The summed E-state index contributed by atoms with van der Waals surface area (Å²) in [7, 11) is 1.97. The minimum Gasteiger partial charge on any atom is -0.374 e. The summed E-state index contributed by atoms with van der Waals surface area (Å²) in [5, 5.41) is 7.80. The minimum atomic E-state index is 0.638. The van der Waals surface area contributed by atoms with E-state index in [1.165, 1.54) is 22.0 Å². The van der Waals surface area contributed by atoms with Crippen LogP contribution in [0.3, 0.4) is 0 Å². The number of nitrogens with zero attached hydrogens (tertiary/aromatic N) is 1. The molecule has 3 nitrogen and oxygen atoms in total. The molecule has 25 heavy (non-hydrogen) atoms. The number of hydrogen-bond acceptors (Lipinski definition) is 2. The number of fused-ring (bicyclic) bond motifs is 1. The van der Waals surface area contributed by atoms with E-state index in [4.69, 9.17) is 0 Å². The summed E-state index contributed by atoms with van der Waals surface area (Å²) in [4.78, 5) is 0. The fourth-order valence-corrected chi connectivity index (χ4v) is 3.03. The van der Waals surface area contributed by atoms with Crippen LogP contribution >= 0.6 is 0 Å². The first kappa shape index (κ1) is 17.1. The third kappa shape index (κ3) is 4.04. The monoisotopic (exact) mass is 331 g/mol. The molecule has 0 saturated heterocycles. The van der Waals surface area contributed by atoms with E-state index in [9.17, 15) is 0 Å². The van der Waals surface area contributed by atoms with E-state index < -0.39 is 0 Å². The van der Waals surface area contributed by atoms with Gasteiger partial charge in [0.1, 0.15) is 0 Å². The normalized spacial score (nSPS) is 10.5. The van der Waals surface area contributed by atoms with Crippen LogP contribution in [0, 0.1) is 18.8 Å². The minimum absolute atomic E-state index is 0.638. The molecular formula is C22H25N3. The van der Waals surface area contributed by atoms with E-state index in [0.717, 1.165) is 24.5 Å². The van der Waals surface area contributed by atoms with Crippen LogP contribution in [0.1, 0.15) is 23.7 Å². The van der Waals surface area contributed by atoms with Gasteiger partial charge in [0.15, 0.2) is 0 Å². The maximum absolute atomic E-state index is 3.35. The van der Waals surface area contributed by atoms with Crippen LogP contribution < -0.4 is 10.6 Å². The summed E-state index contributed by atoms with van der Waals surface area (Å²) in [6.07, 6.45) is 0. The first-order valence-electron chi connectivity index (χ1n) is 8.77. The quantitative estimate of drug-likeness (QED) is 0.688. The van der Waals surface area contributed by atoms with Crippen molar-refractivity contribution in [1.82, 2.24) is 9.88 Å². The van der Waals surface area contributed by atoms with Crippen molar-refractivity contribution in [3.8, 4) is 11.8 Å². The zero-order valence-electron chi connectivity index (χ0n) is 15.2. The third-order valence-electron chi connectivity index (χ3n) is 4.31. The summed E-state index contributed by atoms with van der Waals surface area (Å²) in [5.41, 5.74) is 5.99. The zero-order valence-corrected chi connectivity index (χ0v) is 15.2. The van der Waals surface area contributed by atoms with Gasteiger partial charge < -0.3 is 15.2 Å². The highest BCUT2D eigenvalue weighted by Gasteiger charge is 2.06. The molecule has 1 aromatic heterocycles. The van der Waals surface area contributed by atoms with Gasteiger partial charge in [-0.3, -0.25) is 0 Å². The van der Waals surface area contributed by atoms with Gasteiger partial charge in [-0.25, -0.2) is 0 Å². The summed E-state index contributed by atoms with van der Waals surface area (Å²) in [6.45, 7) is 6.70. The Balaban J connectivity index is 1.77. The van der Waals surface area contributed by atoms with E-state index in [1.54, 1.807) is 0 Å². The van der Waals surface area contributed by atoms with Crippen molar-refractivity contribution in [2.75, 3.05) is 18.9 Å². The molecule has 0 atom stereocenters. The molecule has 0 saturated carbocycles. The molecule has 0 spiro atoms. The number of aryl methyl sites for hydroxylation is 2. The van der Waals surface area contributed by atoms with Crippen molar-refractivity contribution < 1.29 is 0 Å². The van der Waals surface area contributed by atoms with Gasteiger partial charge in [0.05, 0.1) is 12.2 Å². The van der Waals surface area contributed by atoms with Crippen molar-refractivity contribution in [2.45, 2.75) is 26.9 Å². The lowest BCUT2D eigenvalue weighted by Crippen LogP contribution is -2.04. The highest BCUT2D eigenvalue weighted by atomic mass is 15.0. The highest BCUT2D eigenvalue weighted by Crippen LogP contribution is 2.21. The van der Waals surface area contributed by atoms with E-state index >= 15 is 0 Å². The Bertz CT molecular complexity index is 908. The van der Waals surface area contributed by atoms with E-state index in [0.29, 0.717) is 6.54 Å². The second kappa shape index (κ2) is 7.92. The summed E-state index contributed by atoms with van der Waals surface area (Å²) in [6, 6.07) is 17.2. The smallest absolute Gasteiger partial charge is 0.0931 e. The molecule has 2 N–H and O–H groups in total. The largest absolute Gasteiger partial charge is 0.374 e. The van der Waals surface area contributed by atoms with Gasteiger partial charge in [0.2, 0.25) is 0 Å². The standard InChI is InChI=1S/C22H25N3/c1-4-25-21(6-5-13-24-20-10-7-17(2)8-11-20)15-19-14-18(16-23-3)9-12-22(19)25/h7-12,14-15,23-24H,4,13,16H2,1-3H3.